The number of phenolic OH excluding ortho intramolecular Hbond substituents is 1. The number of hydrogen-bond acceptors (Lipinski definition) is 6. The molecule has 0 spiro atoms. The number of phenols is 1. The predicted molar refractivity (Wildman–Crippen MR) is 75.5 cm³/mol. The second kappa shape index (κ2) is 5.76. The number of amides is 4. The fraction of sp³-hybridized carbons (Fsp3) is 0.214. The minimum absolute atomic E-state index is 0.124. The molecule has 22 heavy (non-hydrogen) atoms. The van der Waals surface area contributed by atoms with Crippen LogP contribution < -0.4 is 14.8 Å². The molecule has 0 aromatic heterocycles. The van der Waals surface area contributed by atoms with E-state index in [9.17, 15) is 19.5 Å². The number of imide groups is 2. The average molecular weight is 306 g/mol. The van der Waals surface area contributed by atoms with Crippen LogP contribution in [-0.4, -0.2) is 49.1 Å². The molecule has 0 atom stereocenters. The van der Waals surface area contributed by atoms with Gasteiger partial charge in [-0.05, 0) is 23.8 Å². The summed E-state index contributed by atoms with van der Waals surface area (Å²) >= 11 is 0. The molecule has 1 heterocycles. The number of rotatable bonds is 3. The number of nitrogens with zero attached hydrogens (tertiary/aromatic N) is 1. The normalized spacial score (nSPS) is 16.8. The third kappa shape index (κ3) is 2.58. The molecule has 0 aliphatic carbocycles. The van der Waals surface area contributed by atoms with E-state index in [0.717, 1.165) is 4.90 Å². The molecule has 1 saturated heterocycles. The third-order valence-corrected chi connectivity index (χ3v) is 3.12. The summed E-state index contributed by atoms with van der Waals surface area (Å²) in [6.07, 6.45) is 1.28. The first kappa shape index (κ1) is 15.4. The highest BCUT2D eigenvalue weighted by Crippen LogP contribution is 2.37. The van der Waals surface area contributed by atoms with Crippen LogP contribution in [0.25, 0.3) is 6.08 Å². The number of benzene rings is 1. The van der Waals surface area contributed by atoms with Crippen molar-refractivity contribution in [1.82, 2.24) is 10.2 Å². The Balaban J connectivity index is 2.50. The number of methoxy groups -OCH3 is 2. The molecular formula is C14H14N2O6. The summed E-state index contributed by atoms with van der Waals surface area (Å²) in [7, 11) is 3.97. The van der Waals surface area contributed by atoms with Crippen LogP contribution in [0.15, 0.2) is 17.7 Å². The lowest BCUT2D eigenvalue weighted by Gasteiger charge is -2.22. The number of carbonyl (C=O) groups is 3. The lowest BCUT2D eigenvalue weighted by molar-refractivity contribution is -0.129. The van der Waals surface area contributed by atoms with Crippen molar-refractivity contribution in [2.45, 2.75) is 0 Å². The van der Waals surface area contributed by atoms with Crippen molar-refractivity contribution < 1.29 is 29.0 Å². The summed E-state index contributed by atoms with van der Waals surface area (Å²) < 4.78 is 10.00. The molecular weight excluding hydrogens is 292 g/mol. The van der Waals surface area contributed by atoms with Crippen LogP contribution in [0.3, 0.4) is 0 Å². The quantitative estimate of drug-likeness (QED) is 0.622. The number of ether oxygens (including phenoxy) is 2. The topological polar surface area (TPSA) is 105 Å². The zero-order valence-electron chi connectivity index (χ0n) is 12.2. The van der Waals surface area contributed by atoms with Crippen LogP contribution in [0.1, 0.15) is 5.56 Å². The molecule has 2 rings (SSSR count). The van der Waals surface area contributed by atoms with Gasteiger partial charge in [-0.2, -0.15) is 0 Å². The Hall–Kier alpha value is -3.03. The number of carbonyl (C=O) groups excluding carboxylic acids is 3. The Bertz CT molecular complexity index is 670. The summed E-state index contributed by atoms with van der Waals surface area (Å²) in [5.41, 5.74) is 0.185. The van der Waals surface area contributed by atoms with Gasteiger partial charge in [-0.25, -0.2) is 4.79 Å². The van der Waals surface area contributed by atoms with Crippen molar-refractivity contribution in [1.29, 1.82) is 0 Å². The second-order valence-electron chi connectivity index (χ2n) is 4.46. The van der Waals surface area contributed by atoms with E-state index < -0.39 is 17.8 Å². The van der Waals surface area contributed by atoms with E-state index in [-0.39, 0.29) is 22.8 Å². The highest BCUT2D eigenvalue weighted by atomic mass is 16.5. The molecule has 1 fully saturated rings. The van der Waals surface area contributed by atoms with E-state index in [1.54, 1.807) is 0 Å². The largest absolute Gasteiger partial charge is 0.502 e. The smallest absolute Gasteiger partial charge is 0.331 e. The first-order valence-corrected chi connectivity index (χ1v) is 6.19. The van der Waals surface area contributed by atoms with Gasteiger partial charge in [0.25, 0.3) is 11.8 Å². The van der Waals surface area contributed by atoms with Crippen molar-refractivity contribution in [3.05, 3.63) is 23.3 Å². The second-order valence-corrected chi connectivity index (χ2v) is 4.46. The van der Waals surface area contributed by atoms with Crippen LogP contribution in [0, 0.1) is 0 Å². The maximum absolute atomic E-state index is 12.0. The zero-order chi connectivity index (χ0) is 16.4. The Morgan fingerprint density at radius 1 is 1.14 bits per heavy atom. The molecule has 0 bridgehead atoms. The fourth-order valence-corrected chi connectivity index (χ4v) is 1.91. The Morgan fingerprint density at radius 2 is 1.68 bits per heavy atom. The van der Waals surface area contributed by atoms with Gasteiger partial charge < -0.3 is 14.6 Å². The van der Waals surface area contributed by atoms with Gasteiger partial charge >= 0.3 is 6.03 Å². The molecule has 1 aliphatic rings. The minimum Gasteiger partial charge on any atom is -0.502 e. The molecule has 1 aliphatic heterocycles. The van der Waals surface area contributed by atoms with Crippen molar-refractivity contribution in [2.24, 2.45) is 0 Å². The van der Waals surface area contributed by atoms with Gasteiger partial charge in [0.1, 0.15) is 5.57 Å². The van der Waals surface area contributed by atoms with Crippen molar-refractivity contribution >= 4 is 23.9 Å². The zero-order valence-corrected chi connectivity index (χ0v) is 12.2. The van der Waals surface area contributed by atoms with Gasteiger partial charge in [0.05, 0.1) is 14.2 Å². The van der Waals surface area contributed by atoms with Crippen molar-refractivity contribution in [2.75, 3.05) is 21.3 Å². The number of urea groups is 1. The number of barbiturate groups is 1. The number of nitrogens with one attached hydrogen (secondary N) is 1. The third-order valence-electron chi connectivity index (χ3n) is 3.12. The molecule has 0 unspecified atom stereocenters. The average Bonchev–Trinajstić information content (AvgIpc) is 2.50. The highest BCUT2D eigenvalue weighted by molar-refractivity contribution is 6.30. The number of aromatic hydroxyl groups is 1. The van der Waals surface area contributed by atoms with E-state index in [1.165, 1.54) is 39.5 Å². The summed E-state index contributed by atoms with van der Waals surface area (Å²) in [5.74, 6) is -1.46. The maximum Gasteiger partial charge on any atom is 0.331 e. The number of hydrogen-bond donors (Lipinski definition) is 2. The minimum atomic E-state index is -0.792. The Labute approximate surface area is 125 Å². The van der Waals surface area contributed by atoms with E-state index in [1.807, 2.05) is 5.32 Å². The molecule has 0 saturated carbocycles. The summed E-state index contributed by atoms with van der Waals surface area (Å²) in [6.45, 7) is 0. The predicted octanol–water partition coefficient (Wildman–Crippen LogP) is 0.501. The molecule has 0 radical (unpaired) electrons. The Morgan fingerprint density at radius 3 is 2.18 bits per heavy atom. The van der Waals surface area contributed by atoms with Crippen molar-refractivity contribution in [3.8, 4) is 17.2 Å². The van der Waals surface area contributed by atoms with Crippen LogP contribution in [0.4, 0.5) is 4.79 Å². The Kier molecular flexibility index (Phi) is 4.02. The molecule has 1 aromatic carbocycles. The van der Waals surface area contributed by atoms with Gasteiger partial charge in [-0.3, -0.25) is 19.8 Å². The van der Waals surface area contributed by atoms with E-state index in [2.05, 4.69) is 0 Å². The molecule has 2 N–H and O–H groups in total. The summed E-state index contributed by atoms with van der Waals surface area (Å²) in [5, 5.41) is 11.9. The lowest BCUT2D eigenvalue weighted by Crippen LogP contribution is -2.52. The fourth-order valence-electron chi connectivity index (χ4n) is 1.91. The number of likely N-dealkylation sites (N-methyl/N-ethyl adjacent to an activating group) is 1. The standard InChI is InChI=1S/C14H14N2O6/c1-16-13(19)8(12(18)15-14(16)20)4-7-5-9(21-2)11(17)10(6-7)22-3/h4-6,17H,1-3H3,(H,15,18,20). The van der Waals surface area contributed by atoms with Crippen LogP contribution >= 0.6 is 0 Å². The lowest BCUT2D eigenvalue weighted by atomic mass is 10.1. The van der Waals surface area contributed by atoms with Gasteiger partial charge in [-0.15, -0.1) is 0 Å². The summed E-state index contributed by atoms with van der Waals surface area (Å²) in [6, 6.07) is 2.08. The van der Waals surface area contributed by atoms with Gasteiger partial charge in [-0.1, -0.05) is 0 Å². The molecule has 1 aromatic rings. The van der Waals surface area contributed by atoms with Crippen LogP contribution in [-0.2, 0) is 9.59 Å². The molecule has 4 amide bonds. The first-order valence-electron chi connectivity index (χ1n) is 6.19. The van der Waals surface area contributed by atoms with E-state index in [0.29, 0.717) is 5.56 Å². The van der Waals surface area contributed by atoms with E-state index >= 15 is 0 Å². The van der Waals surface area contributed by atoms with Gasteiger partial charge in [0.15, 0.2) is 11.5 Å². The van der Waals surface area contributed by atoms with Gasteiger partial charge in [0.2, 0.25) is 5.75 Å². The van der Waals surface area contributed by atoms with Crippen LogP contribution in [0.5, 0.6) is 17.2 Å². The maximum atomic E-state index is 12.0. The molecule has 8 heteroatoms. The van der Waals surface area contributed by atoms with Crippen molar-refractivity contribution in [3.63, 3.8) is 0 Å². The van der Waals surface area contributed by atoms with E-state index in [4.69, 9.17) is 9.47 Å². The van der Waals surface area contributed by atoms with Crippen LogP contribution in [0.2, 0.25) is 0 Å². The molecule has 8 nitrogen and oxygen atoms in total. The first-order chi connectivity index (χ1) is 10.4. The molecule has 116 valence electrons. The van der Waals surface area contributed by atoms with Gasteiger partial charge in [0, 0.05) is 7.05 Å². The SMILES string of the molecule is COc1cc(C=C2C(=O)NC(=O)N(C)C2=O)cc(OC)c1O. The summed E-state index contributed by atoms with van der Waals surface area (Å²) in [4.78, 5) is 35.9. The monoisotopic (exact) mass is 306 g/mol. The highest BCUT2D eigenvalue weighted by Gasteiger charge is 2.33.